The predicted molar refractivity (Wildman–Crippen MR) is 93.2 cm³/mol. The number of hydrogen-bond acceptors (Lipinski definition) is 3. The number of benzene rings is 2. The lowest BCUT2D eigenvalue weighted by atomic mass is 9.90. The fourth-order valence-electron chi connectivity index (χ4n) is 3.58. The zero-order chi connectivity index (χ0) is 19.8. The first kappa shape index (κ1) is 19.4. The fraction of sp³-hybridized carbons (Fsp3) is 0.350. The molecule has 0 aromatic heterocycles. The molecule has 2 aromatic rings. The van der Waals surface area contributed by atoms with E-state index < -0.39 is 35.9 Å². The maximum Gasteiger partial charge on any atom is 0.416 e. The lowest BCUT2D eigenvalue weighted by molar-refractivity contribution is -0.137. The molecule has 3 N–H and O–H groups in total. The molecule has 4 nitrogen and oxygen atoms in total. The Bertz CT molecular complexity index is 820. The molecule has 0 heterocycles. The van der Waals surface area contributed by atoms with Gasteiger partial charge in [0.25, 0.3) is 5.91 Å². The van der Waals surface area contributed by atoms with Gasteiger partial charge in [0.05, 0.1) is 17.7 Å². The number of aliphatic hydroxyl groups is 2. The van der Waals surface area contributed by atoms with E-state index in [1.807, 2.05) is 31.2 Å². The SMILES string of the molecule is Cc1ccccc1[C@H]1C[C@@H](O)[C@@H](O)[C@@H]1NC(=O)c1ccc(C(F)(F)F)cc1. The second-order valence-electron chi connectivity index (χ2n) is 6.83. The van der Waals surface area contributed by atoms with E-state index in [2.05, 4.69) is 5.32 Å². The molecule has 0 radical (unpaired) electrons. The molecule has 0 aliphatic heterocycles. The summed E-state index contributed by atoms with van der Waals surface area (Å²) in [6.45, 7) is 1.90. The maximum absolute atomic E-state index is 12.7. The Hall–Kier alpha value is -2.38. The van der Waals surface area contributed by atoms with E-state index in [4.69, 9.17) is 0 Å². The number of rotatable bonds is 3. The van der Waals surface area contributed by atoms with Crippen LogP contribution in [0.3, 0.4) is 0 Å². The van der Waals surface area contributed by atoms with Crippen LogP contribution in [0.2, 0.25) is 0 Å². The van der Waals surface area contributed by atoms with Gasteiger partial charge in [0.1, 0.15) is 6.10 Å². The van der Waals surface area contributed by atoms with Crippen LogP contribution in [0.25, 0.3) is 0 Å². The van der Waals surface area contributed by atoms with Crippen LogP contribution in [0.15, 0.2) is 48.5 Å². The third-order valence-corrected chi connectivity index (χ3v) is 5.05. The van der Waals surface area contributed by atoms with Crippen LogP contribution < -0.4 is 5.32 Å². The molecule has 7 heteroatoms. The zero-order valence-corrected chi connectivity index (χ0v) is 14.6. The van der Waals surface area contributed by atoms with E-state index in [9.17, 15) is 28.2 Å². The molecule has 4 atom stereocenters. The summed E-state index contributed by atoms with van der Waals surface area (Å²) in [5.74, 6) is -0.893. The van der Waals surface area contributed by atoms with Crippen molar-refractivity contribution in [1.82, 2.24) is 5.32 Å². The van der Waals surface area contributed by atoms with Crippen LogP contribution in [0.1, 0.15) is 39.4 Å². The quantitative estimate of drug-likeness (QED) is 0.768. The van der Waals surface area contributed by atoms with Gasteiger partial charge in [0, 0.05) is 11.5 Å². The Balaban J connectivity index is 1.81. The Kier molecular flexibility index (Phi) is 5.26. The first-order valence-electron chi connectivity index (χ1n) is 8.58. The molecule has 0 bridgehead atoms. The van der Waals surface area contributed by atoms with Gasteiger partial charge in [-0.2, -0.15) is 13.2 Å². The summed E-state index contributed by atoms with van der Waals surface area (Å²) in [6.07, 6.45) is -6.35. The van der Waals surface area contributed by atoms with Crippen molar-refractivity contribution in [3.63, 3.8) is 0 Å². The number of aryl methyl sites for hydroxylation is 1. The van der Waals surface area contributed by atoms with Crippen molar-refractivity contribution in [2.24, 2.45) is 0 Å². The van der Waals surface area contributed by atoms with Gasteiger partial charge in [0.2, 0.25) is 0 Å². The van der Waals surface area contributed by atoms with Gasteiger partial charge in [-0.25, -0.2) is 0 Å². The lowest BCUT2D eigenvalue weighted by Crippen LogP contribution is -2.45. The summed E-state index contributed by atoms with van der Waals surface area (Å²) < 4.78 is 38.0. The summed E-state index contributed by atoms with van der Waals surface area (Å²) in [5, 5.41) is 23.1. The highest BCUT2D eigenvalue weighted by atomic mass is 19.4. The van der Waals surface area contributed by atoms with Crippen LogP contribution in [-0.4, -0.2) is 34.4 Å². The number of amides is 1. The maximum atomic E-state index is 12.7. The average molecular weight is 379 g/mol. The Morgan fingerprint density at radius 3 is 2.30 bits per heavy atom. The molecule has 1 amide bonds. The first-order chi connectivity index (χ1) is 12.7. The van der Waals surface area contributed by atoms with Crippen LogP contribution in [0.5, 0.6) is 0 Å². The van der Waals surface area contributed by atoms with Crippen LogP contribution in [0.4, 0.5) is 13.2 Å². The van der Waals surface area contributed by atoms with Crippen molar-refractivity contribution in [1.29, 1.82) is 0 Å². The summed E-state index contributed by atoms with van der Waals surface area (Å²) in [7, 11) is 0. The Morgan fingerprint density at radius 1 is 1.07 bits per heavy atom. The molecule has 0 spiro atoms. The van der Waals surface area contributed by atoms with Gasteiger partial charge in [-0.15, -0.1) is 0 Å². The normalized spacial score (nSPS) is 25.4. The van der Waals surface area contributed by atoms with Gasteiger partial charge in [-0.05, 0) is 48.7 Å². The average Bonchev–Trinajstić information content (AvgIpc) is 2.89. The molecule has 1 saturated carbocycles. The van der Waals surface area contributed by atoms with Crippen molar-refractivity contribution in [2.45, 2.75) is 43.7 Å². The Labute approximate surface area is 154 Å². The number of carbonyl (C=O) groups is 1. The number of halogens is 3. The van der Waals surface area contributed by atoms with E-state index in [1.54, 1.807) is 0 Å². The summed E-state index contributed by atoms with van der Waals surface area (Å²) in [6, 6.07) is 10.6. The molecule has 144 valence electrons. The number of alkyl halides is 3. The van der Waals surface area contributed by atoms with Gasteiger partial charge in [-0.3, -0.25) is 4.79 Å². The summed E-state index contributed by atoms with van der Waals surface area (Å²) in [4.78, 5) is 12.5. The van der Waals surface area contributed by atoms with E-state index in [0.29, 0.717) is 0 Å². The standard InChI is InChI=1S/C20H20F3NO3/c1-11-4-2-3-5-14(11)15-10-16(25)18(26)17(15)24-19(27)12-6-8-13(9-7-12)20(21,22)23/h2-9,15-18,25-26H,10H2,1H3,(H,24,27)/t15-,16-,17-,18-/m1/s1. The third kappa shape index (κ3) is 3.99. The highest BCUT2D eigenvalue weighted by molar-refractivity contribution is 5.94. The second-order valence-corrected chi connectivity index (χ2v) is 6.83. The van der Waals surface area contributed by atoms with Crippen molar-refractivity contribution < 1.29 is 28.2 Å². The molecule has 0 saturated heterocycles. The van der Waals surface area contributed by atoms with E-state index in [0.717, 1.165) is 35.4 Å². The van der Waals surface area contributed by atoms with Crippen molar-refractivity contribution in [3.8, 4) is 0 Å². The topological polar surface area (TPSA) is 69.6 Å². The lowest BCUT2D eigenvalue weighted by Gasteiger charge is -2.25. The molecule has 27 heavy (non-hydrogen) atoms. The molecular weight excluding hydrogens is 359 g/mol. The minimum absolute atomic E-state index is 0.0557. The van der Waals surface area contributed by atoms with E-state index >= 15 is 0 Å². The molecule has 1 aliphatic carbocycles. The van der Waals surface area contributed by atoms with Gasteiger partial charge >= 0.3 is 6.18 Å². The molecule has 1 fully saturated rings. The molecule has 1 aliphatic rings. The van der Waals surface area contributed by atoms with Gasteiger partial charge < -0.3 is 15.5 Å². The van der Waals surface area contributed by atoms with Crippen molar-refractivity contribution in [2.75, 3.05) is 0 Å². The predicted octanol–water partition coefficient (Wildman–Crippen LogP) is 3.02. The molecular formula is C20H20F3NO3. The molecule has 0 unspecified atom stereocenters. The first-order valence-corrected chi connectivity index (χ1v) is 8.58. The van der Waals surface area contributed by atoms with Gasteiger partial charge in [-0.1, -0.05) is 24.3 Å². The van der Waals surface area contributed by atoms with Crippen molar-refractivity contribution in [3.05, 3.63) is 70.8 Å². The van der Waals surface area contributed by atoms with Crippen molar-refractivity contribution >= 4 is 5.91 Å². The highest BCUT2D eigenvalue weighted by Gasteiger charge is 2.43. The number of hydrogen-bond donors (Lipinski definition) is 3. The minimum atomic E-state index is -4.48. The third-order valence-electron chi connectivity index (χ3n) is 5.05. The highest BCUT2D eigenvalue weighted by Crippen LogP contribution is 2.37. The second kappa shape index (κ2) is 7.32. The molecule has 2 aromatic carbocycles. The zero-order valence-electron chi connectivity index (χ0n) is 14.6. The summed E-state index contributed by atoms with van der Waals surface area (Å²) in [5.41, 5.74) is 1.09. The smallest absolute Gasteiger partial charge is 0.390 e. The van der Waals surface area contributed by atoms with E-state index in [1.165, 1.54) is 0 Å². The number of aliphatic hydroxyl groups excluding tert-OH is 2. The number of carbonyl (C=O) groups excluding carboxylic acids is 1. The van der Waals surface area contributed by atoms with Crippen LogP contribution in [0, 0.1) is 6.92 Å². The Morgan fingerprint density at radius 2 is 1.70 bits per heavy atom. The fourth-order valence-corrected chi connectivity index (χ4v) is 3.58. The largest absolute Gasteiger partial charge is 0.416 e. The molecule has 3 rings (SSSR count). The minimum Gasteiger partial charge on any atom is -0.390 e. The van der Waals surface area contributed by atoms with Crippen LogP contribution >= 0.6 is 0 Å². The van der Waals surface area contributed by atoms with E-state index in [-0.39, 0.29) is 17.9 Å². The number of nitrogens with one attached hydrogen (secondary N) is 1. The van der Waals surface area contributed by atoms with Gasteiger partial charge in [0.15, 0.2) is 0 Å². The summed E-state index contributed by atoms with van der Waals surface area (Å²) >= 11 is 0. The van der Waals surface area contributed by atoms with Crippen LogP contribution in [-0.2, 0) is 6.18 Å². The monoisotopic (exact) mass is 379 g/mol.